The molecule has 2 amide bonds. The van der Waals surface area contributed by atoms with Crippen molar-refractivity contribution in [1.82, 2.24) is 15.2 Å². The number of hydrogen-bond donors (Lipinski definition) is 1. The number of fused-ring (bicyclic) bond motifs is 1. The summed E-state index contributed by atoms with van der Waals surface area (Å²) in [5.41, 5.74) is 3.16. The molecule has 1 aliphatic carbocycles. The number of nitrogens with zero attached hydrogens (tertiary/aromatic N) is 2. The molecule has 30 heavy (non-hydrogen) atoms. The highest BCUT2D eigenvalue weighted by Crippen LogP contribution is 2.42. The van der Waals surface area contributed by atoms with Crippen LogP contribution in [0.2, 0.25) is 0 Å². The minimum absolute atomic E-state index is 0.0275. The predicted molar refractivity (Wildman–Crippen MR) is 121 cm³/mol. The third-order valence-corrected chi connectivity index (χ3v) is 7.12. The van der Waals surface area contributed by atoms with Gasteiger partial charge in [0.1, 0.15) is 6.54 Å². The van der Waals surface area contributed by atoms with Gasteiger partial charge in [-0.25, -0.2) is 0 Å². The van der Waals surface area contributed by atoms with Crippen molar-refractivity contribution in [2.45, 2.75) is 50.4 Å². The Balaban J connectivity index is 1.49. The maximum absolute atomic E-state index is 13.3. The van der Waals surface area contributed by atoms with E-state index in [0.29, 0.717) is 11.8 Å². The van der Waals surface area contributed by atoms with E-state index in [2.05, 4.69) is 29.4 Å². The van der Waals surface area contributed by atoms with E-state index in [9.17, 15) is 9.59 Å². The molecule has 2 fully saturated rings. The zero-order valence-corrected chi connectivity index (χ0v) is 18.0. The van der Waals surface area contributed by atoms with Crippen molar-refractivity contribution in [2.75, 3.05) is 6.54 Å². The third kappa shape index (κ3) is 4.93. The summed E-state index contributed by atoms with van der Waals surface area (Å²) in [6, 6.07) is 12.1. The van der Waals surface area contributed by atoms with E-state index in [4.69, 9.17) is 0 Å². The second-order valence-electron chi connectivity index (χ2n) is 8.00. The first kappa shape index (κ1) is 20.7. The maximum Gasteiger partial charge on any atom is 0.261 e. The summed E-state index contributed by atoms with van der Waals surface area (Å²) in [6.07, 6.45) is 9.76. The molecule has 4 rings (SSSR count). The second-order valence-corrected chi connectivity index (χ2v) is 9.28. The van der Waals surface area contributed by atoms with Crippen LogP contribution in [0, 0.1) is 6.92 Å². The SMILES string of the molecule is Cc1ccc(/C=C2/SC3CCCCC3N(CC(=O)NCc3cccnc3)C2=O)cc1. The van der Waals surface area contributed by atoms with Crippen LogP contribution in [-0.2, 0) is 16.1 Å². The molecule has 0 spiro atoms. The highest BCUT2D eigenvalue weighted by atomic mass is 32.2. The average molecular weight is 422 g/mol. The smallest absolute Gasteiger partial charge is 0.261 e. The number of thioether (sulfide) groups is 1. The minimum atomic E-state index is -0.127. The Labute approximate surface area is 182 Å². The van der Waals surface area contributed by atoms with Crippen molar-refractivity contribution < 1.29 is 9.59 Å². The Morgan fingerprint density at radius 3 is 2.80 bits per heavy atom. The van der Waals surface area contributed by atoms with Crippen LogP contribution in [-0.4, -0.2) is 39.5 Å². The van der Waals surface area contributed by atoms with E-state index in [1.807, 2.05) is 30.3 Å². The number of carbonyl (C=O) groups is 2. The molecule has 1 aromatic carbocycles. The number of carbonyl (C=O) groups excluding carboxylic acids is 2. The van der Waals surface area contributed by atoms with Crippen LogP contribution in [0.15, 0.2) is 53.7 Å². The first-order chi connectivity index (χ1) is 14.6. The summed E-state index contributed by atoms with van der Waals surface area (Å²) in [5, 5.41) is 3.29. The zero-order chi connectivity index (χ0) is 20.9. The minimum Gasteiger partial charge on any atom is -0.350 e. The fraction of sp³-hybridized carbons (Fsp3) is 0.375. The van der Waals surface area contributed by atoms with Gasteiger partial charge in [0.25, 0.3) is 5.91 Å². The number of aryl methyl sites for hydroxylation is 1. The van der Waals surface area contributed by atoms with Gasteiger partial charge >= 0.3 is 0 Å². The van der Waals surface area contributed by atoms with Crippen LogP contribution >= 0.6 is 11.8 Å². The van der Waals surface area contributed by atoms with Crippen molar-refractivity contribution in [3.63, 3.8) is 0 Å². The Bertz CT molecular complexity index is 927. The van der Waals surface area contributed by atoms with Crippen LogP contribution < -0.4 is 5.32 Å². The Morgan fingerprint density at radius 1 is 1.23 bits per heavy atom. The average Bonchev–Trinajstić information content (AvgIpc) is 2.77. The van der Waals surface area contributed by atoms with Gasteiger partial charge in [-0.15, -0.1) is 11.8 Å². The molecule has 1 saturated carbocycles. The van der Waals surface area contributed by atoms with E-state index in [0.717, 1.165) is 35.3 Å². The lowest BCUT2D eigenvalue weighted by atomic mass is 9.93. The van der Waals surface area contributed by atoms with E-state index in [1.54, 1.807) is 29.1 Å². The number of aromatic nitrogens is 1. The van der Waals surface area contributed by atoms with Gasteiger partial charge in [-0.3, -0.25) is 14.6 Å². The molecule has 1 aliphatic heterocycles. The fourth-order valence-corrected chi connectivity index (χ4v) is 5.56. The van der Waals surface area contributed by atoms with Crippen molar-refractivity contribution in [2.24, 2.45) is 0 Å². The summed E-state index contributed by atoms with van der Waals surface area (Å²) < 4.78 is 0. The molecule has 1 N–H and O–H groups in total. The van der Waals surface area contributed by atoms with Gasteiger partial charge < -0.3 is 10.2 Å². The van der Waals surface area contributed by atoms with Crippen LogP contribution in [0.25, 0.3) is 6.08 Å². The number of benzene rings is 1. The van der Waals surface area contributed by atoms with E-state index in [-0.39, 0.29) is 24.4 Å². The zero-order valence-electron chi connectivity index (χ0n) is 17.2. The van der Waals surface area contributed by atoms with Crippen molar-refractivity contribution in [3.05, 3.63) is 70.4 Å². The van der Waals surface area contributed by atoms with Crippen LogP contribution in [0.3, 0.4) is 0 Å². The van der Waals surface area contributed by atoms with Gasteiger partial charge in [0.05, 0.1) is 4.91 Å². The van der Waals surface area contributed by atoms with Crippen molar-refractivity contribution in [1.29, 1.82) is 0 Å². The first-order valence-corrected chi connectivity index (χ1v) is 11.4. The van der Waals surface area contributed by atoms with Crippen molar-refractivity contribution in [3.8, 4) is 0 Å². The molecular weight excluding hydrogens is 394 g/mol. The fourth-order valence-electron chi connectivity index (χ4n) is 4.09. The van der Waals surface area contributed by atoms with E-state index in [1.165, 1.54) is 12.0 Å². The van der Waals surface area contributed by atoms with Crippen LogP contribution in [0.1, 0.15) is 42.4 Å². The highest BCUT2D eigenvalue weighted by molar-refractivity contribution is 8.04. The lowest BCUT2D eigenvalue weighted by Crippen LogP contribution is -2.54. The molecule has 1 saturated heterocycles. The molecule has 2 atom stereocenters. The van der Waals surface area contributed by atoms with Gasteiger partial charge in [0.15, 0.2) is 0 Å². The molecule has 156 valence electrons. The molecule has 6 heteroatoms. The standard InChI is InChI=1S/C24H27N3O2S/c1-17-8-10-18(11-9-17)13-22-24(29)27(20-6-2-3-7-21(20)30-22)16-23(28)26-15-19-5-4-12-25-14-19/h4-5,8-14,20-21H,2-3,6-7,15-16H2,1H3,(H,26,28)/b22-13+. The summed E-state index contributed by atoms with van der Waals surface area (Å²) in [7, 11) is 0. The molecule has 1 aromatic heterocycles. The number of nitrogens with one attached hydrogen (secondary N) is 1. The topological polar surface area (TPSA) is 62.3 Å². The molecule has 2 aliphatic rings. The van der Waals surface area contributed by atoms with Crippen LogP contribution in [0.5, 0.6) is 0 Å². The lowest BCUT2D eigenvalue weighted by molar-refractivity contribution is -0.135. The summed E-state index contributed by atoms with van der Waals surface area (Å²) in [6.45, 7) is 2.57. The van der Waals surface area contributed by atoms with Gasteiger partial charge in [0.2, 0.25) is 5.91 Å². The molecule has 2 unspecified atom stereocenters. The van der Waals surface area contributed by atoms with Crippen molar-refractivity contribution >= 4 is 29.7 Å². The Morgan fingerprint density at radius 2 is 2.03 bits per heavy atom. The first-order valence-electron chi connectivity index (χ1n) is 10.5. The highest BCUT2D eigenvalue weighted by Gasteiger charge is 2.41. The van der Waals surface area contributed by atoms with E-state index < -0.39 is 0 Å². The van der Waals surface area contributed by atoms with E-state index >= 15 is 0 Å². The number of pyridine rings is 1. The maximum atomic E-state index is 13.3. The Hall–Kier alpha value is -2.60. The van der Waals surface area contributed by atoms with Gasteiger partial charge in [-0.05, 0) is 43.0 Å². The summed E-state index contributed by atoms with van der Waals surface area (Å²) >= 11 is 1.69. The second kappa shape index (κ2) is 9.47. The van der Waals surface area contributed by atoms with Crippen LogP contribution in [0.4, 0.5) is 0 Å². The number of hydrogen-bond acceptors (Lipinski definition) is 4. The monoisotopic (exact) mass is 421 g/mol. The van der Waals surface area contributed by atoms with Gasteiger partial charge in [-0.2, -0.15) is 0 Å². The summed E-state index contributed by atoms with van der Waals surface area (Å²) in [4.78, 5) is 32.6. The molecule has 5 nitrogen and oxygen atoms in total. The number of rotatable bonds is 5. The molecule has 2 heterocycles. The number of amides is 2. The molecular formula is C24H27N3O2S. The third-order valence-electron chi connectivity index (χ3n) is 5.72. The largest absolute Gasteiger partial charge is 0.350 e. The molecule has 0 radical (unpaired) electrons. The molecule has 0 bridgehead atoms. The van der Waals surface area contributed by atoms with Gasteiger partial charge in [-0.1, -0.05) is 48.7 Å². The predicted octanol–water partition coefficient (Wildman–Crippen LogP) is 3.93. The van der Waals surface area contributed by atoms with Gasteiger partial charge in [0, 0.05) is 30.2 Å². The normalized spacial score (nSPS) is 22.6. The summed E-state index contributed by atoms with van der Waals surface area (Å²) in [5.74, 6) is -0.154. The molecule has 2 aromatic rings. The Kier molecular flexibility index (Phi) is 6.53. The lowest BCUT2D eigenvalue weighted by Gasteiger charge is -2.43. The quantitative estimate of drug-likeness (QED) is 0.743.